The van der Waals surface area contributed by atoms with Crippen molar-refractivity contribution in [1.82, 2.24) is 19.5 Å². The highest BCUT2D eigenvalue weighted by Gasteiger charge is 2.46. The van der Waals surface area contributed by atoms with Gasteiger partial charge in [-0.25, -0.2) is 23.8 Å². The number of nitrogens with two attached hydrogens (primary N) is 1. The van der Waals surface area contributed by atoms with Crippen molar-refractivity contribution in [2.75, 3.05) is 26.1 Å². The Morgan fingerprint density at radius 3 is 2.45 bits per heavy atom. The molecule has 9 unspecified atom stereocenters. The summed E-state index contributed by atoms with van der Waals surface area (Å²) < 4.78 is 38.7. The first-order valence-corrected chi connectivity index (χ1v) is 16.7. The summed E-state index contributed by atoms with van der Waals surface area (Å²) in [5, 5.41) is 70.8. The molecule has 3 heterocycles. The zero-order valence-corrected chi connectivity index (χ0v) is 25.8. The highest BCUT2D eigenvalue weighted by Crippen LogP contribution is 2.61. The maximum Gasteiger partial charge on any atom is 0.481 e. The van der Waals surface area contributed by atoms with Crippen LogP contribution in [0, 0.1) is 5.92 Å². The number of phosphoric ester groups is 1. The molecule has 20 nitrogen and oxygen atoms in total. The molecule has 2 aromatic heterocycles. The maximum atomic E-state index is 12.6. The van der Waals surface area contributed by atoms with E-state index in [-0.39, 0.29) is 17.0 Å². The molecule has 1 aliphatic rings. The number of anilines is 1. The fraction of sp³-hybridized carbons (Fsp3) is 0.667. The number of ether oxygens (including phenoxy) is 2. The number of aliphatic hydroxyl groups excluding tert-OH is 7. The molecule has 1 saturated heterocycles. The van der Waals surface area contributed by atoms with Gasteiger partial charge in [0.05, 0.1) is 31.7 Å². The number of hydrogen-bond acceptors (Lipinski definition) is 18. The zero-order chi connectivity index (χ0) is 33.1. The number of aromatic nitrogens is 4. The monoisotopic (exact) mass is 691 g/mol. The Bertz CT molecular complexity index is 1390. The molecule has 23 heteroatoms. The lowest BCUT2D eigenvalue weighted by Gasteiger charge is -2.32. The lowest BCUT2D eigenvalue weighted by molar-refractivity contribution is -0.133. The molecule has 250 valence electrons. The molecule has 12 atom stereocenters. The Hall–Kier alpha value is -1.59. The minimum atomic E-state index is -5.41. The lowest BCUT2D eigenvalue weighted by Crippen LogP contribution is -2.44. The summed E-state index contributed by atoms with van der Waals surface area (Å²) in [6, 6.07) is 0. The van der Waals surface area contributed by atoms with Crippen LogP contribution in [0.15, 0.2) is 24.8 Å². The number of phosphoric acid groups is 1. The lowest BCUT2D eigenvalue weighted by atomic mass is 9.89. The van der Waals surface area contributed by atoms with Crippen molar-refractivity contribution in [3.8, 4) is 0 Å². The Morgan fingerprint density at radius 2 is 1.84 bits per heavy atom. The molecule has 3 rings (SSSR count). The first kappa shape index (κ1) is 36.9. The molecule has 44 heavy (non-hydrogen) atoms. The van der Waals surface area contributed by atoms with Crippen LogP contribution in [0.3, 0.4) is 0 Å². The van der Waals surface area contributed by atoms with E-state index >= 15 is 0 Å². The molecule has 0 spiro atoms. The topological polar surface area (TPSA) is 315 Å². The Balaban J connectivity index is 1.61. The molecule has 11 N–H and O–H groups in total. The third kappa shape index (κ3) is 8.41. The standard InChI is InChI=1S/C21H35N5O15P2S/c1-8(10(28)4-27)13(29)14(30)9(2)15(31)21(37-3)40-42(34,35)41-43(36,44)38-5-11-16(32)17(33)20(39-11)26-7-25-12-18(22)23-6-24-19(12)26/h6-8,10-11,13-17,20-21,27-33H,2,4-5H2,1,3H3,(H,34,35)(H,36,44)(H2,22,23,24)/t8?,10-,11?,13?,14-,15-,16?,17?,20?,21?,43?/m1/s1. The van der Waals surface area contributed by atoms with Gasteiger partial charge in [-0.15, -0.1) is 0 Å². The van der Waals surface area contributed by atoms with E-state index in [1.165, 1.54) is 17.8 Å². The molecule has 1 aliphatic heterocycles. The largest absolute Gasteiger partial charge is 0.481 e. The maximum absolute atomic E-state index is 12.6. The number of hydrogen-bond donors (Lipinski definition) is 10. The highest BCUT2D eigenvalue weighted by molar-refractivity contribution is 8.08. The van der Waals surface area contributed by atoms with E-state index in [0.29, 0.717) is 0 Å². The minimum absolute atomic E-state index is 0.0595. The van der Waals surface area contributed by atoms with Crippen LogP contribution < -0.4 is 5.73 Å². The number of rotatable bonds is 16. The summed E-state index contributed by atoms with van der Waals surface area (Å²) in [5.74, 6) is -1.03. The number of fused-ring (bicyclic) bond motifs is 1. The van der Waals surface area contributed by atoms with Crippen molar-refractivity contribution in [3.63, 3.8) is 0 Å². The number of nitrogen functional groups attached to an aromatic ring is 1. The van der Waals surface area contributed by atoms with Gasteiger partial charge in [0.1, 0.15) is 42.4 Å². The molecule has 0 aliphatic carbocycles. The highest BCUT2D eigenvalue weighted by atomic mass is 32.5. The van der Waals surface area contributed by atoms with Crippen LogP contribution in [0.5, 0.6) is 0 Å². The Labute approximate surface area is 254 Å². The second-order valence-corrected chi connectivity index (χ2v) is 14.1. The third-order valence-corrected chi connectivity index (χ3v) is 10.3. The quantitative estimate of drug-likeness (QED) is 0.0476. The van der Waals surface area contributed by atoms with Gasteiger partial charge in [-0.1, -0.05) is 13.5 Å². The molecule has 0 radical (unpaired) electrons. The van der Waals surface area contributed by atoms with E-state index in [1.807, 2.05) is 0 Å². The van der Waals surface area contributed by atoms with Crippen molar-refractivity contribution in [2.45, 2.75) is 62.2 Å². The van der Waals surface area contributed by atoms with Crippen LogP contribution in [-0.2, 0) is 39.2 Å². The SMILES string of the molecule is C=C([C@@H](O)C(OC)OP(=O)(O)OP(O)(=S)OCC1OC(n2cnc3c(N)ncnc32)C(O)C1O)[C@@H](O)C(O)C(C)[C@H](O)CO. The van der Waals surface area contributed by atoms with E-state index in [9.17, 15) is 45.0 Å². The van der Waals surface area contributed by atoms with Gasteiger partial charge in [0.15, 0.2) is 24.0 Å². The van der Waals surface area contributed by atoms with Gasteiger partial charge in [-0.3, -0.25) is 9.09 Å². The first-order valence-electron chi connectivity index (χ1n) is 12.6. The molecule has 1 fully saturated rings. The summed E-state index contributed by atoms with van der Waals surface area (Å²) in [4.78, 5) is 32.5. The van der Waals surface area contributed by atoms with E-state index in [4.69, 9.17) is 41.2 Å². The molecule has 0 amide bonds. The Kier molecular flexibility index (Phi) is 12.5. The molecule has 0 aromatic carbocycles. The smallest absolute Gasteiger partial charge is 0.394 e. The molecule has 0 bridgehead atoms. The third-order valence-electron chi connectivity index (χ3n) is 6.75. The van der Waals surface area contributed by atoms with Crippen LogP contribution >= 0.6 is 14.5 Å². The average molecular weight is 692 g/mol. The van der Waals surface area contributed by atoms with Gasteiger partial charge in [0.2, 0.25) is 0 Å². The number of nitrogens with zero attached hydrogens (tertiary/aromatic N) is 4. The van der Waals surface area contributed by atoms with Gasteiger partial charge in [-0.05, 0) is 17.4 Å². The predicted molar refractivity (Wildman–Crippen MR) is 150 cm³/mol. The van der Waals surface area contributed by atoms with E-state index in [0.717, 1.165) is 13.4 Å². The van der Waals surface area contributed by atoms with E-state index in [1.54, 1.807) is 0 Å². The predicted octanol–water partition coefficient (Wildman–Crippen LogP) is -3.00. The fourth-order valence-corrected chi connectivity index (χ4v) is 7.23. The summed E-state index contributed by atoms with van der Waals surface area (Å²) in [6.45, 7) is -1.43. The van der Waals surface area contributed by atoms with Crippen molar-refractivity contribution < 1.29 is 72.9 Å². The molecular weight excluding hydrogens is 656 g/mol. The summed E-state index contributed by atoms with van der Waals surface area (Å²) in [5.41, 5.74) is 5.58. The van der Waals surface area contributed by atoms with Crippen LogP contribution in [0.1, 0.15) is 13.2 Å². The van der Waals surface area contributed by atoms with Gasteiger partial charge in [0.25, 0.3) is 0 Å². The van der Waals surface area contributed by atoms with E-state index < -0.39 is 94.5 Å². The van der Waals surface area contributed by atoms with Gasteiger partial charge >= 0.3 is 14.5 Å². The Morgan fingerprint density at radius 1 is 1.18 bits per heavy atom. The summed E-state index contributed by atoms with van der Waals surface area (Å²) in [6.07, 6.45) is -12.6. The van der Waals surface area contributed by atoms with Crippen molar-refractivity contribution >= 4 is 43.3 Å². The van der Waals surface area contributed by atoms with Crippen LogP contribution in [0.25, 0.3) is 11.2 Å². The van der Waals surface area contributed by atoms with Gasteiger partial charge in [-0.2, -0.15) is 0 Å². The van der Waals surface area contributed by atoms with Crippen LogP contribution in [0.2, 0.25) is 0 Å². The first-order chi connectivity index (χ1) is 20.4. The minimum Gasteiger partial charge on any atom is -0.394 e. The van der Waals surface area contributed by atoms with E-state index in [2.05, 4.69) is 25.8 Å². The molecule has 0 saturated carbocycles. The number of methoxy groups -OCH3 is 1. The van der Waals surface area contributed by atoms with Gasteiger partial charge < -0.3 is 65.3 Å². The van der Waals surface area contributed by atoms with Crippen molar-refractivity contribution in [3.05, 3.63) is 24.8 Å². The number of aliphatic hydroxyl groups is 7. The van der Waals surface area contributed by atoms with Crippen LogP contribution in [-0.4, -0.2) is 134 Å². The number of imidazole rings is 1. The second-order valence-electron chi connectivity index (χ2n) is 9.72. The van der Waals surface area contributed by atoms with Gasteiger partial charge in [0, 0.05) is 13.0 Å². The fourth-order valence-electron chi connectivity index (χ4n) is 4.11. The zero-order valence-electron chi connectivity index (χ0n) is 23.2. The summed E-state index contributed by atoms with van der Waals surface area (Å²) in [7, 11) is -4.48. The summed E-state index contributed by atoms with van der Waals surface area (Å²) >= 11 is 4.75. The van der Waals surface area contributed by atoms with Crippen molar-refractivity contribution in [1.29, 1.82) is 0 Å². The molecule has 2 aromatic rings. The second kappa shape index (κ2) is 14.9. The van der Waals surface area contributed by atoms with Crippen molar-refractivity contribution in [2.24, 2.45) is 5.92 Å². The normalized spacial score (nSPS) is 27.6. The van der Waals surface area contributed by atoms with Crippen LogP contribution in [0.4, 0.5) is 5.82 Å². The average Bonchev–Trinajstić information content (AvgIpc) is 3.53. The molecular formula is C21H35N5O15P2S.